The lowest BCUT2D eigenvalue weighted by molar-refractivity contribution is -0.122. The monoisotopic (exact) mass is 184 g/mol. The summed E-state index contributed by atoms with van der Waals surface area (Å²) in [6.45, 7) is 2.84. The van der Waals surface area contributed by atoms with Gasteiger partial charge in [-0.05, 0) is 31.2 Å². The molecule has 0 saturated heterocycles. The maximum Gasteiger partial charge on any atom is 0.220 e. The molecule has 0 bridgehead atoms. The average molecular weight is 184 g/mol. The third-order valence-electron chi connectivity index (χ3n) is 3.03. The van der Waals surface area contributed by atoms with Gasteiger partial charge in [-0.1, -0.05) is 19.8 Å². The molecule has 0 aromatic heterocycles. The molecule has 0 aliphatic heterocycles. The van der Waals surface area contributed by atoms with E-state index < -0.39 is 0 Å². The maximum absolute atomic E-state index is 11.1. The fraction of sp³-hybridized carbons (Fsp3) is 0.900. The Morgan fingerprint density at radius 3 is 2.69 bits per heavy atom. The van der Waals surface area contributed by atoms with E-state index in [1.165, 1.54) is 0 Å². The van der Waals surface area contributed by atoms with Gasteiger partial charge >= 0.3 is 0 Å². The minimum absolute atomic E-state index is 0.0912. The molecular weight excluding hydrogens is 164 g/mol. The molecule has 3 atom stereocenters. The van der Waals surface area contributed by atoms with Gasteiger partial charge in [0.2, 0.25) is 5.91 Å². The quantitative estimate of drug-likeness (QED) is 0.643. The Morgan fingerprint density at radius 1 is 1.62 bits per heavy atom. The molecule has 1 aliphatic carbocycles. The van der Waals surface area contributed by atoms with E-state index in [1.807, 2.05) is 0 Å². The van der Waals surface area contributed by atoms with Crippen molar-refractivity contribution in [2.45, 2.75) is 32.6 Å². The van der Waals surface area contributed by atoms with Crippen LogP contribution in [0.3, 0.4) is 0 Å². The molecule has 4 N–H and O–H groups in total. The van der Waals surface area contributed by atoms with Crippen LogP contribution in [0, 0.1) is 17.8 Å². The van der Waals surface area contributed by atoms with E-state index in [0.717, 1.165) is 25.7 Å². The fourth-order valence-corrected chi connectivity index (χ4v) is 2.03. The van der Waals surface area contributed by atoms with Crippen LogP contribution in [0.5, 0.6) is 0 Å². The number of nitrogens with two attached hydrogens (primary N) is 2. The number of hydrogen-bond donors (Lipinski definition) is 2. The summed E-state index contributed by atoms with van der Waals surface area (Å²) in [7, 11) is 0. The average Bonchev–Trinajstić information content (AvgIpc) is 2.84. The van der Waals surface area contributed by atoms with E-state index in [0.29, 0.717) is 18.4 Å². The fourth-order valence-electron chi connectivity index (χ4n) is 2.03. The lowest BCUT2D eigenvalue weighted by Gasteiger charge is -2.11. The molecule has 76 valence electrons. The van der Waals surface area contributed by atoms with Crippen LogP contribution in [0.1, 0.15) is 32.6 Å². The molecule has 3 heteroatoms. The van der Waals surface area contributed by atoms with Gasteiger partial charge in [0.1, 0.15) is 0 Å². The van der Waals surface area contributed by atoms with Gasteiger partial charge in [-0.15, -0.1) is 0 Å². The van der Waals surface area contributed by atoms with Crippen LogP contribution >= 0.6 is 0 Å². The van der Waals surface area contributed by atoms with E-state index in [2.05, 4.69) is 6.92 Å². The summed E-state index contributed by atoms with van der Waals surface area (Å²) < 4.78 is 0. The van der Waals surface area contributed by atoms with Crippen LogP contribution in [-0.2, 0) is 4.79 Å². The van der Waals surface area contributed by atoms with Gasteiger partial charge in [0.05, 0.1) is 0 Å². The zero-order valence-electron chi connectivity index (χ0n) is 8.33. The van der Waals surface area contributed by atoms with E-state index in [-0.39, 0.29) is 11.8 Å². The molecule has 0 aromatic rings. The van der Waals surface area contributed by atoms with Crippen molar-refractivity contribution in [1.29, 1.82) is 0 Å². The molecule has 2 unspecified atom stereocenters. The van der Waals surface area contributed by atoms with Gasteiger partial charge in [-0.3, -0.25) is 4.79 Å². The molecule has 13 heavy (non-hydrogen) atoms. The highest BCUT2D eigenvalue weighted by Gasteiger charge is 2.43. The van der Waals surface area contributed by atoms with Gasteiger partial charge < -0.3 is 11.5 Å². The first-order valence-corrected chi connectivity index (χ1v) is 5.20. The van der Waals surface area contributed by atoms with Crippen LogP contribution in [0.2, 0.25) is 0 Å². The molecule has 1 rings (SSSR count). The Bertz CT molecular complexity index is 182. The Morgan fingerprint density at radius 2 is 2.31 bits per heavy atom. The van der Waals surface area contributed by atoms with Crippen molar-refractivity contribution in [3.8, 4) is 0 Å². The number of carbonyl (C=O) groups excluding carboxylic acids is 1. The van der Waals surface area contributed by atoms with Crippen molar-refractivity contribution >= 4 is 5.91 Å². The lowest BCUT2D eigenvalue weighted by atomic mass is 9.95. The minimum Gasteiger partial charge on any atom is -0.369 e. The van der Waals surface area contributed by atoms with Crippen molar-refractivity contribution in [3.63, 3.8) is 0 Å². The number of rotatable bonds is 6. The van der Waals surface area contributed by atoms with Crippen LogP contribution < -0.4 is 11.5 Å². The second-order valence-corrected chi connectivity index (χ2v) is 4.05. The van der Waals surface area contributed by atoms with Crippen molar-refractivity contribution in [2.24, 2.45) is 29.2 Å². The minimum atomic E-state index is -0.130. The summed E-state index contributed by atoms with van der Waals surface area (Å²) >= 11 is 0. The zero-order chi connectivity index (χ0) is 9.84. The SMILES string of the molecule is CCCC[C@@H](C(N)=O)C1CC1CN. The highest BCUT2D eigenvalue weighted by Crippen LogP contribution is 2.45. The smallest absolute Gasteiger partial charge is 0.220 e. The standard InChI is InChI=1S/C10H20N2O/c1-2-3-4-8(10(12)13)9-5-7(9)6-11/h7-9H,2-6,11H2,1H3,(H2,12,13)/t7?,8-,9?/m1/s1. The topological polar surface area (TPSA) is 69.1 Å². The van der Waals surface area contributed by atoms with E-state index in [4.69, 9.17) is 11.5 Å². The first-order chi connectivity index (χ1) is 6.20. The van der Waals surface area contributed by atoms with E-state index in [1.54, 1.807) is 0 Å². The number of unbranched alkanes of at least 4 members (excludes halogenated alkanes) is 1. The van der Waals surface area contributed by atoms with Gasteiger partial charge in [0.25, 0.3) is 0 Å². The molecule has 1 saturated carbocycles. The number of primary amides is 1. The van der Waals surface area contributed by atoms with Gasteiger partial charge in [0.15, 0.2) is 0 Å². The molecule has 1 aliphatic rings. The first-order valence-electron chi connectivity index (χ1n) is 5.20. The van der Waals surface area contributed by atoms with Crippen LogP contribution in [0.4, 0.5) is 0 Å². The summed E-state index contributed by atoms with van der Waals surface area (Å²) in [5.74, 6) is 1.02. The lowest BCUT2D eigenvalue weighted by Crippen LogP contribution is -2.26. The highest BCUT2D eigenvalue weighted by molar-refractivity contribution is 5.77. The van der Waals surface area contributed by atoms with Crippen molar-refractivity contribution in [1.82, 2.24) is 0 Å². The number of amides is 1. The number of hydrogen-bond acceptors (Lipinski definition) is 2. The van der Waals surface area contributed by atoms with Gasteiger partial charge in [-0.2, -0.15) is 0 Å². The van der Waals surface area contributed by atoms with E-state index >= 15 is 0 Å². The molecule has 0 heterocycles. The van der Waals surface area contributed by atoms with Crippen molar-refractivity contribution in [2.75, 3.05) is 6.54 Å². The maximum atomic E-state index is 11.1. The first kappa shape index (κ1) is 10.5. The Labute approximate surface area is 79.9 Å². The van der Waals surface area contributed by atoms with Crippen LogP contribution in [0.15, 0.2) is 0 Å². The number of carbonyl (C=O) groups is 1. The summed E-state index contributed by atoms with van der Waals surface area (Å²) in [5.41, 5.74) is 10.9. The molecule has 3 nitrogen and oxygen atoms in total. The molecule has 0 spiro atoms. The third kappa shape index (κ3) is 2.69. The predicted molar refractivity (Wildman–Crippen MR) is 52.9 cm³/mol. The second kappa shape index (κ2) is 4.61. The molecular formula is C10H20N2O. The van der Waals surface area contributed by atoms with Gasteiger partial charge in [0, 0.05) is 5.92 Å². The summed E-state index contributed by atoms with van der Waals surface area (Å²) in [4.78, 5) is 11.1. The molecule has 1 fully saturated rings. The van der Waals surface area contributed by atoms with Crippen molar-refractivity contribution < 1.29 is 4.79 Å². The summed E-state index contributed by atoms with van der Waals surface area (Å²) in [6.07, 6.45) is 4.28. The van der Waals surface area contributed by atoms with E-state index in [9.17, 15) is 4.79 Å². The Hall–Kier alpha value is -0.570. The van der Waals surface area contributed by atoms with Crippen LogP contribution in [-0.4, -0.2) is 12.5 Å². The third-order valence-corrected chi connectivity index (χ3v) is 3.03. The predicted octanol–water partition coefficient (Wildman–Crippen LogP) is 0.873. The zero-order valence-corrected chi connectivity index (χ0v) is 8.33. The normalized spacial score (nSPS) is 28.5. The largest absolute Gasteiger partial charge is 0.369 e. The molecule has 0 radical (unpaired) electrons. The molecule has 1 amide bonds. The van der Waals surface area contributed by atoms with Crippen molar-refractivity contribution in [3.05, 3.63) is 0 Å². The highest BCUT2D eigenvalue weighted by atomic mass is 16.1. The van der Waals surface area contributed by atoms with Crippen LogP contribution in [0.25, 0.3) is 0 Å². The summed E-state index contributed by atoms with van der Waals surface area (Å²) in [5, 5.41) is 0. The second-order valence-electron chi connectivity index (χ2n) is 4.05. The molecule has 0 aromatic carbocycles. The summed E-state index contributed by atoms with van der Waals surface area (Å²) in [6, 6.07) is 0. The Balaban J connectivity index is 2.35. The van der Waals surface area contributed by atoms with Gasteiger partial charge in [-0.25, -0.2) is 0 Å². The Kier molecular flexibility index (Phi) is 3.72.